The van der Waals surface area contributed by atoms with Crippen molar-refractivity contribution in [3.63, 3.8) is 0 Å². The van der Waals surface area contributed by atoms with E-state index in [4.69, 9.17) is 4.42 Å². The Morgan fingerprint density at radius 3 is 1.71 bits per heavy atom. The molecule has 0 amide bonds. The van der Waals surface area contributed by atoms with Crippen molar-refractivity contribution in [3.8, 4) is 27.9 Å². The largest absolute Gasteiger partial charge is 0.456 e. The molecular weight excluding hydrogens is 631 g/mol. The highest BCUT2D eigenvalue weighted by atomic mass is 16.3. The Hall–Kier alpha value is -6.90. The minimum atomic E-state index is 0.937. The number of rotatable bonds is 3. The first-order valence-electron chi connectivity index (χ1n) is 17.9. The van der Waals surface area contributed by atoms with Gasteiger partial charge in [-0.05, 0) is 114 Å². The summed E-state index contributed by atoms with van der Waals surface area (Å²) in [5, 5.41) is 14.9. The Labute approximate surface area is 298 Å². The van der Waals surface area contributed by atoms with Crippen LogP contribution >= 0.6 is 0 Å². The molecule has 0 fully saturated rings. The fourth-order valence-corrected chi connectivity index (χ4v) is 9.10. The van der Waals surface area contributed by atoms with E-state index in [0.717, 1.165) is 16.9 Å². The normalized spacial score (nSPS) is 12.2. The monoisotopic (exact) mass is 659 g/mol. The van der Waals surface area contributed by atoms with Gasteiger partial charge in [-0.1, -0.05) is 127 Å². The SMILES string of the molecule is c1ccc2cc3c(cc2c1)c1ccccc1n3-c1ccc(-c2c3ccccc3c(-c3ccc4oc5cccc6ccc3c4c65)c3ccccc23)cc1. The molecule has 0 atom stereocenters. The van der Waals surface area contributed by atoms with Crippen molar-refractivity contribution in [1.82, 2.24) is 4.57 Å². The molecule has 2 heteroatoms. The first-order chi connectivity index (χ1) is 25.8. The number of hydrogen-bond donors (Lipinski definition) is 0. The third-order valence-corrected chi connectivity index (χ3v) is 11.3. The molecular formula is C50H29NO. The molecule has 0 bridgehead atoms. The van der Waals surface area contributed by atoms with Crippen LogP contribution in [0.1, 0.15) is 0 Å². The van der Waals surface area contributed by atoms with E-state index in [2.05, 4.69) is 180 Å². The molecule has 0 saturated heterocycles. The molecule has 0 saturated carbocycles. The van der Waals surface area contributed by atoms with Crippen LogP contribution in [0.4, 0.5) is 0 Å². The molecule has 12 aromatic rings. The summed E-state index contributed by atoms with van der Waals surface area (Å²) in [4.78, 5) is 0. The fraction of sp³-hybridized carbons (Fsp3) is 0. The van der Waals surface area contributed by atoms with E-state index in [0.29, 0.717) is 0 Å². The maximum atomic E-state index is 6.36. The van der Waals surface area contributed by atoms with E-state index in [1.807, 2.05) is 0 Å². The molecule has 2 aromatic heterocycles. The molecule has 10 aromatic carbocycles. The molecule has 0 radical (unpaired) electrons. The van der Waals surface area contributed by atoms with Gasteiger partial charge in [0.25, 0.3) is 0 Å². The molecule has 2 nitrogen and oxygen atoms in total. The van der Waals surface area contributed by atoms with E-state index in [-0.39, 0.29) is 0 Å². The van der Waals surface area contributed by atoms with Crippen molar-refractivity contribution in [2.24, 2.45) is 0 Å². The second-order valence-corrected chi connectivity index (χ2v) is 14.0. The molecule has 52 heavy (non-hydrogen) atoms. The number of benzene rings is 10. The van der Waals surface area contributed by atoms with Crippen LogP contribution in [0.3, 0.4) is 0 Å². The Bertz CT molecular complexity index is 3340. The highest BCUT2D eigenvalue weighted by Gasteiger charge is 2.21. The number of aromatic nitrogens is 1. The first-order valence-corrected chi connectivity index (χ1v) is 17.9. The zero-order chi connectivity index (χ0) is 33.9. The van der Waals surface area contributed by atoms with E-state index < -0.39 is 0 Å². The lowest BCUT2D eigenvalue weighted by Gasteiger charge is -2.19. The number of fused-ring (bicyclic) bond motifs is 6. The Morgan fingerprint density at radius 1 is 0.346 bits per heavy atom. The summed E-state index contributed by atoms with van der Waals surface area (Å²) in [6, 6.07) is 64.4. The average molecular weight is 660 g/mol. The number of para-hydroxylation sites is 1. The lowest BCUT2D eigenvalue weighted by atomic mass is 9.84. The highest BCUT2D eigenvalue weighted by Crippen LogP contribution is 2.48. The van der Waals surface area contributed by atoms with E-state index in [1.54, 1.807) is 0 Å². The van der Waals surface area contributed by atoms with Crippen LogP contribution in [0.2, 0.25) is 0 Å². The summed E-state index contributed by atoms with van der Waals surface area (Å²) >= 11 is 0. The molecule has 2 heterocycles. The van der Waals surface area contributed by atoms with E-state index >= 15 is 0 Å². The highest BCUT2D eigenvalue weighted by molar-refractivity contribution is 6.28. The van der Waals surface area contributed by atoms with Crippen LogP contribution in [0, 0.1) is 0 Å². The van der Waals surface area contributed by atoms with Crippen LogP contribution in [-0.4, -0.2) is 4.57 Å². The van der Waals surface area contributed by atoms with Crippen LogP contribution in [0.25, 0.3) is 115 Å². The van der Waals surface area contributed by atoms with Gasteiger partial charge in [-0.3, -0.25) is 0 Å². The third-order valence-electron chi connectivity index (χ3n) is 11.3. The number of nitrogens with zero attached hydrogens (tertiary/aromatic N) is 1. The van der Waals surface area contributed by atoms with Gasteiger partial charge >= 0.3 is 0 Å². The van der Waals surface area contributed by atoms with Gasteiger partial charge in [-0.2, -0.15) is 0 Å². The van der Waals surface area contributed by atoms with Crippen molar-refractivity contribution in [2.45, 2.75) is 0 Å². The predicted molar refractivity (Wildman–Crippen MR) is 220 cm³/mol. The summed E-state index contributed by atoms with van der Waals surface area (Å²) < 4.78 is 8.77. The van der Waals surface area contributed by atoms with Crippen molar-refractivity contribution in [3.05, 3.63) is 176 Å². The Kier molecular flexibility index (Phi) is 5.53. The minimum absolute atomic E-state index is 0.937. The summed E-state index contributed by atoms with van der Waals surface area (Å²) in [7, 11) is 0. The zero-order valence-electron chi connectivity index (χ0n) is 28.1. The van der Waals surface area contributed by atoms with Gasteiger partial charge in [0.05, 0.1) is 11.0 Å². The van der Waals surface area contributed by atoms with Gasteiger partial charge in [-0.25, -0.2) is 0 Å². The van der Waals surface area contributed by atoms with E-state index in [1.165, 1.54) is 97.9 Å². The topological polar surface area (TPSA) is 18.1 Å². The zero-order valence-corrected chi connectivity index (χ0v) is 28.1. The van der Waals surface area contributed by atoms with Crippen LogP contribution in [0.15, 0.2) is 180 Å². The van der Waals surface area contributed by atoms with Crippen molar-refractivity contribution >= 4 is 86.8 Å². The molecule has 0 aliphatic carbocycles. The van der Waals surface area contributed by atoms with Gasteiger partial charge in [-0.15, -0.1) is 0 Å². The molecule has 240 valence electrons. The van der Waals surface area contributed by atoms with Crippen molar-refractivity contribution < 1.29 is 4.42 Å². The lowest BCUT2D eigenvalue weighted by Crippen LogP contribution is -1.95. The molecule has 0 N–H and O–H groups in total. The van der Waals surface area contributed by atoms with Gasteiger partial charge in [0.15, 0.2) is 0 Å². The Balaban J connectivity index is 1.09. The van der Waals surface area contributed by atoms with Crippen LogP contribution < -0.4 is 0 Å². The van der Waals surface area contributed by atoms with Gasteiger partial charge in [0.1, 0.15) is 11.2 Å². The summed E-state index contributed by atoms with van der Waals surface area (Å²) in [5.41, 5.74) is 10.4. The predicted octanol–water partition coefficient (Wildman–Crippen LogP) is 14.1. The maximum absolute atomic E-state index is 6.36. The van der Waals surface area contributed by atoms with Crippen LogP contribution in [0.5, 0.6) is 0 Å². The fourth-order valence-electron chi connectivity index (χ4n) is 9.10. The second kappa shape index (κ2) is 10.3. The molecule has 0 unspecified atom stereocenters. The summed E-state index contributed by atoms with van der Waals surface area (Å²) in [6.07, 6.45) is 0. The average Bonchev–Trinajstić information content (AvgIpc) is 3.75. The maximum Gasteiger partial charge on any atom is 0.136 e. The van der Waals surface area contributed by atoms with Gasteiger partial charge < -0.3 is 8.98 Å². The summed E-state index contributed by atoms with van der Waals surface area (Å²) in [5.74, 6) is 0. The molecule has 0 aliphatic rings. The standard InChI is InChI=1S/C50H29NO/c1-2-11-33-29-44-42(28-32(33)10-1)35-13-7-8-18-43(35)51(44)34-23-20-31(21-24-34)47-36-14-3-5-16-38(36)49(39-17-6-4-15-37(39)47)40-26-27-46-50-41(40)25-22-30-12-9-19-45(52-46)48(30)50/h1-29H. The molecule has 12 rings (SSSR count). The number of furan rings is 1. The van der Waals surface area contributed by atoms with E-state index in [9.17, 15) is 0 Å². The van der Waals surface area contributed by atoms with Gasteiger partial charge in [0, 0.05) is 27.2 Å². The van der Waals surface area contributed by atoms with Crippen LogP contribution in [-0.2, 0) is 0 Å². The lowest BCUT2D eigenvalue weighted by molar-refractivity contribution is 0.669. The molecule has 0 spiro atoms. The number of hydrogen-bond acceptors (Lipinski definition) is 1. The Morgan fingerprint density at radius 2 is 0.962 bits per heavy atom. The molecule has 0 aliphatic heterocycles. The van der Waals surface area contributed by atoms with Crippen molar-refractivity contribution in [2.75, 3.05) is 0 Å². The van der Waals surface area contributed by atoms with Gasteiger partial charge in [0.2, 0.25) is 0 Å². The van der Waals surface area contributed by atoms with Crippen molar-refractivity contribution in [1.29, 1.82) is 0 Å². The first kappa shape index (κ1) is 27.9. The summed E-state index contributed by atoms with van der Waals surface area (Å²) in [6.45, 7) is 0. The minimum Gasteiger partial charge on any atom is -0.456 e. The quantitative estimate of drug-likeness (QED) is 0.136. The smallest absolute Gasteiger partial charge is 0.136 e. The second-order valence-electron chi connectivity index (χ2n) is 14.0. The third kappa shape index (κ3) is 3.73.